The van der Waals surface area contributed by atoms with E-state index in [9.17, 15) is 0 Å². The standard InChI is InChI=1S/C13H21Si/c1-14(2,3)10-12-9-8-11-6-4-5-7-13(11)12/h8-9H,4-7,10H2,1-3H3. The Hall–Kier alpha value is -0.303. The van der Waals surface area contributed by atoms with Crippen LogP contribution in [0.2, 0.25) is 25.7 Å². The molecule has 0 amide bonds. The van der Waals surface area contributed by atoms with Gasteiger partial charge in [-0.3, -0.25) is 0 Å². The summed E-state index contributed by atoms with van der Waals surface area (Å²) in [6, 6.07) is 1.38. The molecule has 0 atom stereocenters. The lowest BCUT2D eigenvalue weighted by molar-refractivity contribution is 0.685. The number of rotatable bonds is 2. The van der Waals surface area contributed by atoms with Crippen molar-refractivity contribution >= 4 is 8.07 Å². The van der Waals surface area contributed by atoms with Crippen molar-refractivity contribution in [3.8, 4) is 0 Å². The zero-order chi connectivity index (χ0) is 10.2. The van der Waals surface area contributed by atoms with Gasteiger partial charge in [-0.1, -0.05) is 37.4 Å². The van der Waals surface area contributed by atoms with Crippen molar-refractivity contribution in [2.24, 2.45) is 0 Å². The molecule has 0 saturated heterocycles. The van der Waals surface area contributed by atoms with E-state index in [0.717, 1.165) is 0 Å². The zero-order valence-electron chi connectivity index (χ0n) is 9.69. The SMILES string of the molecule is C[Si](C)(C)C[C]1C=CC2=C1CCCC2. The van der Waals surface area contributed by atoms with Crippen LogP contribution in [0.3, 0.4) is 0 Å². The van der Waals surface area contributed by atoms with Crippen LogP contribution in [-0.4, -0.2) is 8.07 Å². The monoisotopic (exact) mass is 205 g/mol. The lowest BCUT2D eigenvalue weighted by Crippen LogP contribution is -2.22. The van der Waals surface area contributed by atoms with Gasteiger partial charge in [-0.2, -0.15) is 0 Å². The van der Waals surface area contributed by atoms with Gasteiger partial charge in [0.1, 0.15) is 0 Å². The summed E-state index contributed by atoms with van der Waals surface area (Å²) in [5.74, 6) is 1.68. The summed E-state index contributed by atoms with van der Waals surface area (Å²) in [5, 5.41) is 0. The van der Waals surface area contributed by atoms with E-state index in [1.54, 1.807) is 17.1 Å². The minimum absolute atomic E-state index is 0.921. The Labute approximate surface area is 89.1 Å². The van der Waals surface area contributed by atoms with Crippen LogP contribution >= 0.6 is 0 Å². The van der Waals surface area contributed by atoms with Crippen LogP contribution < -0.4 is 0 Å². The zero-order valence-corrected chi connectivity index (χ0v) is 10.7. The molecule has 0 N–H and O–H groups in total. The average molecular weight is 205 g/mol. The Kier molecular flexibility index (Phi) is 2.69. The van der Waals surface area contributed by atoms with Crippen LogP contribution in [0, 0.1) is 5.92 Å². The van der Waals surface area contributed by atoms with Gasteiger partial charge in [0, 0.05) is 14.0 Å². The van der Waals surface area contributed by atoms with E-state index >= 15 is 0 Å². The highest BCUT2D eigenvalue weighted by molar-refractivity contribution is 6.76. The Morgan fingerprint density at radius 3 is 2.50 bits per heavy atom. The quantitative estimate of drug-likeness (QED) is 0.588. The highest BCUT2D eigenvalue weighted by atomic mass is 28.3. The van der Waals surface area contributed by atoms with Crippen molar-refractivity contribution in [3.05, 3.63) is 29.2 Å². The van der Waals surface area contributed by atoms with E-state index < -0.39 is 8.07 Å². The third-order valence-electron chi connectivity index (χ3n) is 3.10. The van der Waals surface area contributed by atoms with Crippen LogP contribution in [0.4, 0.5) is 0 Å². The minimum atomic E-state index is -0.921. The van der Waals surface area contributed by atoms with E-state index in [1.807, 2.05) is 0 Å². The first-order chi connectivity index (χ1) is 6.56. The minimum Gasteiger partial charge on any atom is -0.0731 e. The smallest absolute Gasteiger partial charge is 0.0454 e. The van der Waals surface area contributed by atoms with E-state index in [4.69, 9.17) is 0 Å². The van der Waals surface area contributed by atoms with Crippen molar-refractivity contribution < 1.29 is 0 Å². The first-order valence-electron chi connectivity index (χ1n) is 5.82. The molecule has 0 aliphatic heterocycles. The molecular formula is C13H21Si. The largest absolute Gasteiger partial charge is 0.0731 e. The summed E-state index contributed by atoms with van der Waals surface area (Å²) in [4.78, 5) is 0. The van der Waals surface area contributed by atoms with Gasteiger partial charge in [0.2, 0.25) is 0 Å². The third kappa shape index (κ3) is 2.19. The number of allylic oxidation sites excluding steroid dienone is 4. The van der Waals surface area contributed by atoms with Gasteiger partial charge in [-0.25, -0.2) is 0 Å². The van der Waals surface area contributed by atoms with Gasteiger partial charge in [0.25, 0.3) is 0 Å². The molecule has 0 nitrogen and oxygen atoms in total. The predicted octanol–water partition coefficient (Wildman–Crippen LogP) is 4.34. The van der Waals surface area contributed by atoms with Crippen LogP contribution in [0.5, 0.6) is 0 Å². The van der Waals surface area contributed by atoms with E-state index in [1.165, 1.54) is 31.7 Å². The molecule has 1 radical (unpaired) electrons. The van der Waals surface area contributed by atoms with Crippen molar-refractivity contribution in [2.75, 3.05) is 0 Å². The van der Waals surface area contributed by atoms with Gasteiger partial charge in [0.05, 0.1) is 0 Å². The highest BCUT2D eigenvalue weighted by Gasteiger charge is 2.27. The van der Waals surface area contributed by atoms with Crippen LogP contribution in [0.25, 0.3) is 0 Å². The maximum absolute atomic E-state index is 2.47. The Morgan fingerprint density at radius 2 is 1.79 bits per heavy atom. The maximum Gasteiger partial charge on any atom is 0.0454 e. The fourth-order valence-electron chi connectivity index (χ4n) is 2.52. The van der Waals surface area contributed by atoms with Crippen molar-refractivity contribution in [1.82, 2.24) is 0 Å². The summed E-state index contributed by atoms with van der Waals surface area (Å²) in [5.41, 5.74) is 3.38. The maximum atomic E-state index is 2.47. The molecule has 0 bridgehead atoms. The molecule has 0 heterocycles. The first-order valence-corrected chi connectivity index (χ1v) is 9.53. The van der Waals surface area contributed by atoms with E-state index in [-0.39, 0.29) is 0 Å². The normalized spacial score (nSPS) is 23.1. The summed E-state index contributed by atoms with van der Waals surface area (Å²) in [6.07, 6.45) is 10.3. The summed E-state index contributed by atoms with van der Waals surface area (Å²) in [6.45, 7) is 7.40. The molecule has 0 aromatic rings. The number of hydrogen-bond acceptors (Lipinski definition) is 0. The molecule has 0 saturated carbocycles. The summed E-state index contributed by atoms with van der Waals surface area (Å²) >= 11 is 0. The first kappa shape index (κ1) is 10.2. The molecular weight excluding hydrogens is 184 g/mol. The summed E-state index contributed by atoms with van der Waals surface area (Å²) in [7, 11) is -0.921. The lowest BCUT2D eigenvalue weighted by Gasteiger charge is -2.24. The van der Waals surface area contributed by atoms with Crippen molar-refractivity contribution in [3.63, 3.8) is 0 Å². The molecule has 1 heteroatoms. The molecule has 2 aliphatic rings. The van der Waals surface area contributed by atoms with Crippen molar-refractivity contribution in [2.45, 2.75) is 51.4 Å². The van der Waals surface area contributed by atoms with Crippen LogP contribution in [-0.2, 0) is 0 Å². The lowest BCUT2D eigenvalue weighted by atomic mass is 9.89. The number of hydrogen-bond donors (Lipinski definition) is 0. The van der Waals surface area contributed by atoms with Gasteiger partial charge >= 0.3 is 0 Å². The van der Waals surface area contributed by atoms with Gasteiger partial charge in [-0.15, -0.1) is 0 Å². The molecule has 0 fully saturated rings. The molecule has 2 aliphatic carbocycles. The second kappa shape index (κ2) is 3.69. The Balaban J connectivity index is 2.09. The van der Waals surface area contributed by atoms with E-state index in [0.29, 0.717) is 0 Å². The van der Waals surface area contributed by atoms with Crippen LogP contribution in [0.1, 0.15) is 25.7 Å². The third-order valence-corrected chi connectivity index (χ3v) is 4.55. The second-order valence-corrected chi connectivity index (χ2v) is 11.3. The highest BCUT2D eigenvalue weighted by Crippen LogP contribution is 2.41. The Bertz CT molecular complexity index is 278. The van der Waals surface area contributed by atoms with E-state index in [2.05, 4.69) is 31.8 Å². The fourth-order valence-corrected chi connectivity index (χ4v) is 3.99. The average Bonchev–Trinajstić information content (AvgIpc) is 2.47. The topological polar surface area (TPSA) is 0 Å². The van der Waals surface area contributed by atoms with Gasteiger partial charge in [-0.05, 0) is 37.3 Å². The molecule has 0 aromatic carbocycles. The van der Waals surface area contributed by atoms with Gasteiger partial charge < -0.3 is 0 Å². The molecule has 0 spiro atoms. The van der Waals surface area contributed by atoms with Gasteiger partial charge in [0.15, 0.2) is 0 Å². The molecule has 14 heavy (non-hydrogen) atoms. The molecule has 77 valence electrons. The molecule has 0 aromatic heterocycles. The Morgan fingerprint density at radius 1 is 1.07 bits per heavy atom. The predicted molar refractivity (Wildman–Crippen MR) is 66.0 cm³/mol. The summed E-state index contributed by atoms with van der Waals surface area (Å²) < 4.78 is 0. The molecule has 0 unspecified atom stereocenters. The molecule has 2 rings (SSSR count). The second-order valence-electron chi connectivity index (χ2n) is 5.81. The van der Waals surface area contributed by atoms with Crippen molar-refractivity contribution in [1.29, 1.82) is 0 Å². The van der Waals surface area contributed by atoms with Crippen LogP contribution in [0.15, 0.2) is 23.3 Å². The fraction of sp³-hybridized carbons (Fsp3) is 0.615.